The average Bonchev–Trinajstić information content (AvgIpc) is 2.46. The third-order valence-corrected chi connectivity index (χ3v) is 1.97. The molecule has 5 heteroatoms. The van der Waals surface area contributed by atoms with Crippen LogP contribution in [0.2, 0.25) is 0 Å². The standard InChI is InChI=1S/C10H17N3O2/c1-7(2)13-9(10(14)15)5-8(11-13)6-12(3)4/h5,7H,6H2,1-4H3,(H,14,15). The Morgan fingerprint density at radius 1 is 1.60 bits per heavy atom. The number of nitrogens with zero attached hydrogens (tertiary/aromatic N) is 3. The SMILES string of the molecule is CC(C)n1nc(CN(C)C)cc1C(=O)O. The number of hydrogen-bond acceptors (Lipinski definition) is 3. The van der Waals surface area contributed by atoms with E-state index in [-0.39, 0.29) is 11.7 Å². The van der Waals surface area contributed by atoms with E-state index in [2.05, 4.69) is 5.10 Å². The zero-order valence-corrected chi connectivity index (χ0v) is 9.56. The molecule has 0 unspecified atom stereocenters. The first-order valence-corrected chi connectivity index (χ1v) is 4.88. The average molecular weight is 211 g/mol. The van der Waals surface area contributed by atoms with Crippen LogP contribution in [0, 0.1) is 0 Å². The highest BCUT2D eigenvalue weighted by Crippen LogP contribution is 2.12. The van der Waals surface area contributed by atoms with Gasteiger partial charge in [0.15, 0.2) is 0 Å². The van der Waals surface area contributed by atoms with Crippen molar-refractivity contribution in [2.45, 2.75) is 26.4 Å². The Bertz CT molecular complexity index is 356. The van der Waals surface area contributed by atoms with Gasteiger partial charge in [-0.3, -0.25) is 4.68 Å². The molecule has 0 aliphatic carbocycles. The van der Waals surface area contributed by atoms with Crippen LogP contribution in [0.5, 0.6) is 0 Å². The zero-order chi connectivity index (χ0) is 11.6. The lowest BCUT2D eigenvalue weighted by Gasteiger charge is -2.08. The van der Waals surface area contributed by atoms with Crippen LogP contribution >= 0.6 is 0 Å². The van der Waals surface area contributed by atoms with E-state index in [1.165, 1.54) is 0 Å². The van der Waals surface area contributed by atoms with E-state index < -0.39 is 5.97 Å². The number of rotatable bonds is 4. The number of carboxylic acid groups (broad SMARTS) is 1. The fourth-order valence-electron chi connectivity index (χ4n) is 1.40. The van der Waals surface area contributed by atoms with Crippen LogP contribution in [-0.2, 0) is 6.54 Å². The number of carboxylic acids is 1. The molecule has 1 aromatic rings. The predicted molar refractivity (Wildman–Crippen MR) is 57.0 cm³/mol. The summed E-state index contributed by atoms with van der Waals surface area (Å²) in [5, 5.41) is 13.3. The van der Waals surface area contributed by atoms with Gasteiger partial charge in [0.2, 0.25) is 0 Å². The van der Waals surface area contributed by atoms with Crippen LogP contribution < -0.4 is 0 Å². The van der Waals surface area contributed by atoms with Gasteiger partial charge in [-0.15, -0.1) is 0 Å². The number of aromatic carboxylic acids is 1. The summed E-state index contributed by atoms with van der Waals surface area (Å²) in [4.78, 5) is 12.9. The molecule has 1 aromatic heterocycles. The Hall–Kier alpha value is -1.36. The van der Waals surface area contributed by atoms with Crippen molar-refractivity contribution < 1.29 is 9.90 Å². The third kappa shape index (κ3) is 2.79. The summed E-state index contributed by atoms with van der Waals surface area (Å²) in [6, 6.07) is 1.69. The van der Waals surface area contributed by atoms with Crippen LogP contribution in [-0.4, -0.2) is 39.9 Å². The first-order chi connectivity index (χ1) is 6.91. The molecule has 0 spiro atoms. The Kier molecular flexibility index (Phi) is 3.47. The van der Waals surface area contributed by atoms with Gasteiger partial charge in [-0.2, -0.15) is 5.10 Å². The van der Waals surface area contributed by atoms with Crippen molar-refractivity contribution >= 4 is 5.97 Å². The molecule has 0 aliphatic heterocycles. The Balaban J connectivity index is 3.04. The lowest BCUT2D eigenvalue weighted by molar-refractivity contribution is 0.0681. The molecule has 1 rings (SSSR count). The monoisotopic (exact) mass is 211 g/mol. The van der Waals surface area contributed by atoms with Gasteiger partial charge in [-0.1, -0.05) is 0 Å². The van der Waals surface area contributed by atoms with E-state index in [4.69, 9.17) is 5.11 Å². The number of hydrogen-bond donors (Lipinski definition) is 1. The Labute approximate surface area is 89.3 Å². The van der Waals surface area contributed by atoms with E-state index >= 15 is 0 Å². The summed E-state index contributed by atoms with van der Waals surface area (Å²) in [6.07, 6.45) is 0. The van der Waals surface area contributed by atoms with E-state index in [1.807, 2.05) is 32.8 Å². The van der Waals surface area contributed by atoms with Gasteiger partial charge in [0.25, 0.3) is 0 Å². The summed E-state index contributed by atoms with van der Waals surface area (Å²) in [6.45, 7) is 4.48. The fourth-order valence-corrected chi connectivity index (χ4v) is 1.40. The molecule has 0 fully saturated rings. The topological polar surface area (TPSA) is 58.4 Å². The highest BCUT2D eigenvalue weighted by atomic mass is 16.4. The van der Waals surface area contributed by atoms with Crippen molar-refractivity contribution in [3.05, 3.63) is 17.5 Å². The minimum absolute atomic E-state index is 0.0620. The molecule has 1 heterocycles. The molecule has 5 nitrogen and oxygen atoms in total. The summed E-state index contributed by atoms with van der Waals surface area (Å²) in [5.41, 5.74) is 1.04. The van der Waals surface area contributed by atoms with Gasteiger partial charge in [-0.25, -0.2) is 4.79 Å². The molecule has 0 atom stereocenters. The largest absolute Gasteiger partial charge is 0.477 e. The molecule has 0 radical (unpaired) electrons. The minimum Gasteiger partial charge on any atom is -0.477 e. The molecule has 0 saturated carbocycles. The van der Waals surface area contributed by atoms with Crippen LogP contribution in [0.4, 0.5) is 0 Å². The molecule has 0 aliphatic rings. The maximum Gasteiger partial charge on any atom is 0.354 e. The molecule has 15 heavy (non-hydrogen) atoms. The van der Waals surface area contributed by atoms with Crippen LogP contribution in [0.15, 0.2) is 6.07 Å². The van der Waals surface area contributed by atoms with Crippen LogP contribution in [0.1, 0.15) is 36.1 Å². The van der Waals surface area contributed by atoms with Crippen molar-refractivity contribution in [1.29, 1.82) is 0 Å². The molecular formula is C10H17N3O2. The summed E-state index contributed by atoms with van der Waals surface area (Å²) < 4.78 is 1.54. The Morgan fingerprint density at radius 2 is 2.20 bits per heavy atom. The van der Waals surface area contributed by atoms with Gasteiger partial charge in [0, 0.05) is 12.6 Å². The summed E-state index contributed by atoms with van der Waals surface area (Å²) >= 11 is 0. The van der Waals surface area contributed by atoms with Gasteiger partial charge in [0.1, 0.15) is 5.69 Å². The second-order valence-corrected chi connectivity index (χ2v) is 4.10. The zero-order valence-electron chi connectivity index (χ0n) is 9.56. The lowest BCUT2D eigenvalue weighted by atomic mass is 10.3. The Morgan fingerprint density at radius 3 is 2.53 bits per heavy atom. The highest BCUT2D eigenvalue weighted by Gasteiger charge is 2.16. The normalized spacial score (nSPS) is 11.3. The molecule has 84 valence electrons. The van der Waals surface area contributed by atoms with E-state index in [0.717, 1.165) is 5.69 Å². The van der Waals surface area contributed by atoms with Gasteiger partial charge in [-0.05, 0) is 34.0 Å². The number of carbonyl (C=O) groups is 1. The van der Waals surface area contributed by atoms with Crippen molar-refractivity contribution in [3.8, 4) is 0 Å². The maximum atomic E-state index is 11.0. The third-order valence-electron chi connectivity index (χ3n) is 1.97. The van der Waals surface area contributed by atoms with Gasteiger partial charge < -0.3 is 10.0 Å². The van der Waals surface area contributed by atoms with E-state index in [9.17, 15) is 4.79 Å². The first-order valence-electron chi connectivity index (χ1n) is 4.88. The van der Waals surface area contributed by atoms with Crippen molar-refractivity contribution in [2.24, 2.45) is 0 Å². The predicted octanol–water partition coefficient (Wildman–Crippen LogP) is 1.22. The van der Waals surface area contributed by atoms with Gasteiger partial charge in [0.05, 0.1) is 5.69 Å². The smallest absolute Gasteiger partial charge is 0.354 e. The second kappa shape index (κ2) is 4.44. The number of aromatic nitrogens is 2. The maximum absolute atomic E-state index is 11.0. The molecule has 0 amide bonds. The van der Waals surface area contributed by atoms with Crippen molar-refractivity contribution in [2.75, 3.05) is 14.1 Å². The van der Waals surface area contributed by atoms with Crippen molar-refractivity contribution in [1.82, 2.24) is 14.7 Å². The molecular weight excluding hydrogens is 194 g/mol. The molecule has 0 bridgehead atoms. The summed E-state index contributed by atoms with van der Waals surface area (Å²) in [5.74, 6) is -0.929. The molecule has 1 N–H and O–H groups in total. The van der Waals surface area contributed by atoms with Crippen molar-refractivity contribution in [3.63, 3.8) is 0 Å². The molecule has 0 aromatic carbocycles. The summed E-state index contributed by atoms with van der Waals surface area (Å²) in [7, 11) is 3.85. The minimum atomic E-state index is -0.929. The van der Waals surface area contributed by atoms with E-state index in [0.29, 0.717) is 6.54 Å². The van der Waals surface area contributed by atoms with Gasteiger partial charge >= 0.3 is 5.97 Å². The van der Waals surface area contributed by atoms with Crippen LogP contribution in [0.25, 0.3) is 0 Å². The first kappa shape index (κ1) is 11.7. The highest BCUT2D eigenvalue weighted by molar-refractivity contribution is 5.85. The van der Waals surface area contributed by atoms with Crippen LogP contribution in [0.3, 0.4) is 0 Å². The fraction of sp³-hybridized carbons (Fsp3) is 0.600. The second-order valence-electron chi connectivity index (χ2n) is 4.10. The molecule has 0 saturated heterocycles. The lowest BCUT2D eigenvalue weighted by Crippen LogP contribution is -2.13. The van der Waals surface area contributed by atoms with E-state index in [1.54, 1.807) is 10.7 Å². The quantitative estimate of drug-likeness (QED) is 0.813.